The third kappa shape index (κ3) is 6.25. The van der Waals surface area contributed by atoms with Crippen molar-refractivity contribution < 1.29 is 19.1 Å². The number of likely N-dealkylation sites (N-methyl/N-ethyl adjacent to an activating group) is 1. The predicted octanol–water partition coefficient (Wildman–Crippen LogP) is 3.68. The highest BCUT2D eigenvalue weighted by Gasteiger charge is 2.52. The van der Waals surface area contributed by atoms with E-state index in [1.807, 2.05) is 79.3 Å². The fourth-order valence-electron chi connectivity index (χ4n) is 6.74. The number of benzene rings is 2. The van der Waals surface area contributed by atoms with E-state index in [4.69, 9.17) is 4.74 Å². The summed E-state index contributed by atoms with van der Waals surface area (Å²) in [5.74, 6) is 1.20. The van der Waals surface area contributed by atoms with Gasteiger partial charge in [-0.15, -0.1) is 0 Å². The highest BCUT2D eigenvalue weighted by molar-refractivity contribution is 8.04. The van der Waals surface area contributed by atoms with Crippen LogP contribution in [-0.4, -0.2) is 73.4 Å². The summed E-state index contributed by atoms with van der Waals surface area (Å²) in [5, 5.41) is 13.0. The van der Waals surface area contributed by atoms with Crippen LogP contribution in [-0.2, 0) is 9.59 Å². The fourth-order valence-corrected chi connectivity index (χ4v) is 8.14. The van der Waals surface area contributed by atoms with Gasteiger partial charge in [-0.2, -0.15) is 0 Å². The zero-order chi connectivity index (χ0) is 30.1. The number of rotatable bonds is 8. The largest absolute Gasteiger partial charge is 0.457 e. The van der Waals surface area contributed by atoms with Crippen molar-refractivity contribution in [2.45, 2.75) is 62.5 Å². The van der Waals surface area contributed by atoms with Gasteiger partial charge < -0.3 is 30.9 Å². The van der Waals surface area contributed by atoms with Gasteiger partial charge in [-0.1, -0.05) is 42.8 Å². The third-order valence-electron chi connectivity index (χ3n) is 8.64. The normalized spacial score (nSPS) is 26.6. The predicted molar refractivity (Wildman–Crippen MR) is 168 cm³/mol. The van der Waals surface area contributed by atoms with Crippen molar-refractivity contribution >= 4 is 35.3 Å². The number of piperidine rings is 1. The highest BCUT2D eigenvalue weighted by atomic mass is 32.2. The van der Waals surface area contributed by atoms with Crippen LogP contribution in [0.3, 0.4) is 0 Å². The zero-order valence-electron chi connectivity index (χ0n) is 24.9. The topological polar surface area (TPSA) is 115 Å². The van der Waals surface area contributed by atoms with Gasteiger partial charge in [0.1, 0.15) is 11.5 Å². The van der Waals surface area contributed by atoms with Crippen molar-refractivity contribution in [3.05, 3.63) is 64.7 Å². The van der Waals surface area contributed by atoms with E-state index in [1.165, 1.54) is 11.8 Å². The quantitative estimate of drug-likeness (QED) is 0.364. The number of ether oxygens (including phenoxy) is 1. The lowest BCUT2D eigenvalue weighted by atomic mass is 9.86. The lowest BCUT2D eigenvalue weighted by Gasteiger charge is -2.46. The molecule has 4 N–H and O–H groups in total. The summed E-state index contributed by atoms with van der Waals surface area (Å²) in [4.78, 5) is 44.2. The average molecular weight is 605 g/mol. The minimum absolute atomic E-state index is 0.0134. The molecule has 6 rings (SSSR count). The van der Waals surface area contributed by atoms with Gasteiger partial charge in [0, 0.05) is 29.4 Å². The Kier molecular flexibility index (Phi) is 8.65. The van der Waals surface area contributed by atoms with Crippen molar-refractivity contribution in [2.24, 2.45) is 5.92 Å². The minimum Gasteiger partial charge on any atom is -0.457 e. The van der Waals surface area contributed by atoms with Crippen molar-refractivity contribution in [2.75, 3.05) is 32.1 Å². The number of aryl methyl sites for hydroxylation is 1. The first-order valence-corrected chi connectivity index (χ1v) is 16.0. The van der Waals surface area contributed by atoms with Gasteiger partial charge in [-0.3, -0.25) is 14.5 Å². The molecule has 3 fully saturated rings. The van der Waals surface area contributed by atoms with Crippen molar-refractivity contribution in [3.8, 4) is 11.5 Å². The number of carbonyl (C=O) groups is 3. The molecule has 3 unspecified atom stereocenters. The first-order valence-electron chi connectivity index (χ1n) is 15.1. The third-order valence-corrected chi connectivity index (χ3v) is 10.00. The molecule has 4 amide bonds. The van der Waals surface area contributed by atoms with E-state index < -0.39 is 0 Å². The number of anilines is 1. The van der Waals surface area contributed by atoms with Crippen LogP contribution in [0.4, 0.5) is 10.5 Å². The van der Waals surface area contributed by atoms with Crippen LogP contribution in [0.2, 0.25) is 0 Å². The van der Waals surface area contributed by atoms with E-state index in [9.17, 15) is 14.4 Å². The Labute approximate surface area is 257 Å². The molecule has 3 aliphatic heterocycles. The fraction of sp³-hybridized carbons (Fsp3) is 0.469. The molecule has 3 heterocycles. The Bertz CT molecular complexity index is 1420. The summed E-state index contributed by atoms with van der Waals surface area (Å²) in [6.45, 7) is 3.05. The molecule has 0 radical (unpaired) electrons. The van der Waals surface area contributed by atoms with Crippen LogP contribution >= 0.6 is 11.8 Å². The van der Waals surface area contributed by atoms with E-state index in [-0.39, 0.29) is 47.3 Å². The molecule has 2 aromatic rings. The zero-order valence-corrected chi connectivity index (χ0v) is 25.7. The van der Waals surface area contributed by atoms with Crippen molar-refractivity contribution in [1.82, 2.24) is 26.2 Å². The van der Waals surface area contributed by atoms with E-state index >= 15 is 0 Å². The van der Waals surface area contributed by atoms with Gasteiger partial charge in [-0.05, 0) is 82.7 Å². The van der Waals surface area contributed by atoms with Gasteiger partial charge in [0.05, 0.1) is 22.9 Å². The molecular weight excluding hydrogens is 564 g/mol. The van der Waals surface area contributed by atoms with Crippen LogP contribution < -0.4 is 30.9 Å². The Hall–Kier alpha value is -3.54. The van der Waals surface area contributed by atoms with Crippen molar-refractivity contribution in [1.29, 1.82) is 0 Å². The van der Waals surface area contributed by atoms with Crippen LogP contribution in [0.15, 0.2) is 59.1 Å². The molecule has 2 saturated heterocycles. The molecule has 2 aromatic carbocycles. The van der Waals surface area contributed by atoms with Gasteiger partial charge in [0.25, 0.3) is 5.91 Å². The maximum Gasteiger partial charge on any atom is 0.326 e. The molecule has 10 nitrogen and oxygen atoms in total. The van der Waals surface area contributed by atoms with Gasteiger partial charge in [-0.25, -0.2) is 4.79 Å². The van der Waals surface area contributed by atoms with Crippen LogP contribution in [0.5, 0.6) is 11.5 Å². The molecule has 1 aliphatic carbocycles. The Morgan fingerprint density at radius 2 is 1.77 bits per heavy atom. The molecule has 4 aliphatic rings. The van der Waals surface area contributed by atoms with E-state index in [0.29, 0.717) is 22.9 Å². The Morgan fingerprint density at radius 1 is 1.02 bits per heavy atom. The average Bonchev–Trinajstić information content (AvgIpc) is 3.34. The number of nitrogens with one attached hydrogen (secondary N) is 4. The summed E-state index contributed by atoms with van der Waals surface area (Å²) in [6.07, 6.45) is 4.43. The second kappa shape index (κ2) is 12.6. The van der Waals surface area contributed by atoms with Crippen LogP contribution in [0, 0.1) is 12.8 Å². The number of para-hydroxylation sites is 1. The highest BCUT2D eigenvalue weighted by Crippen LogP contribution is 2.48. The maximum absolute atomic E-state index is 13.7. The van der Waals surface area contributed by atoms with Crippen LogP contribution in [0.25, 0.3) is 0 Å². The lowest BCUT2D eigenvalue weighted by molar-refractivity contribution is -0.124. The second-order valence-electron chi connectivity index (χ2n) is 12.1. The van der Waals surface area contributed by atoms with E-state index in [1.54, 1.807) is 0 Å². The number of amides is 4. The van der Waals surface area contributed by atoms with Crippen LogP contribution in [0.1, 0.15) is 37.7 Å². The molecular formula is C32H40N6O4S. The second-order valence-corrected chi connectivity index (χ2v) is 13.2. The SMILES string of the molecule is Cc1cc(Oc2ccccc2)ccc1N1C(=O)NC2=C(C(=O)N[C@@H]3CCCC[C@H]3NC(=O)CN(C)C)SC3NCCC1C23. The standard InChI is InChI=1S/C32H40N6O4S/c1-19-17-21(42-20-9-5-4-6-10-20)13-14-24(19)38-25-15-16-33-31-27(25)28(36-32(38)41)29(43-31)30(40)35-23-12-8-7-11-22(23)34-26(39)18-37(2)3/h4-6,9-10,13-14,17,22-23,25,27,31,33H,7-8,11-12,15-16,18H2,1-3H3,(H,34,39)(H,35,40)(H,36,41)/t22-,23-,25?,27?,31?/m1/s1. The van der Waals surface area contributed by atoms with E-state index in [0.717, 1.165) is 55.6 Å². The lowest BCUT2D eigenvalue weighted by Crippen LogP contribution is -2.62. The number of urea groups is 1. The number of carbonyl (C=O) groups excluding carboxylic acids is 3. The molecule has 5 atom stereocenters. The first kappa shape index (κ1) is 29.5. The molecule has 0 aromatic heterocycles. The molecule has 0 bridgehead atoms. The first-order chi connectivity index (χ1) is 20.8. The smallest absolute Gasteiger partial charge is 0.326 e. The summed E-state index contributed by atoms with van der Waals surface area (Å²) in [6, 6.07) is 14.9. The maximum atomic E-state index is 13.7. The Balaban J connectivity index is 1.20. The Morgan fingerprint density at radius 3 is 2.49 bits per heavy atom. The molecule has 43 heavy (non-hydrogen) atoms. The van der Waals surface area contributed by atoms with E-state index in [2.05, 4.69) is 21.3 Å². The van der Waals surface area contributed by atoms with Gasteiger partial charge >= 0.3 is 6.03 Å². The monoisotopic (exact) mass is 604 g/mol. The molecule has 228 valence electrons. The minimum atomic E-state index is -0.226. The number of hydrogen-bond donors (Lipinski definition) is 4. The number of hydrogen-bond acceptors (Lipinski definition) is 7. The number of nitrogens with zero attached hydrogens (tertiary/aromatic N) is 2. The molecule has 11 heteroatoms. The number of thioether (sulfide) groups is 1. The van der Waals surface area contributed by atoms with Gasteiger partial charge in [0.2, 0.25) is 5.91 Å². The summed E-state index contributed by atoms with van der Waals surface area (Å²) >= 11 is 1.50. The van der Waals surface area contributed by atoms with Crippen molar-refractivity contribution in [3.63, 3.8) is 0 Å². The summed E-state index contributed by atoms with van der Waals surface area (Å²) in [7, 11) is 3.73. The molecule has 0 spiro atoms. The summed E-state index contributed by atoms with van der Waals surface area (Å²) in [5.41, 5.74) is 2.48. The van der Waals surface area contributed by atoms with Gasteiger partial charge in [0.15, 0.2) is 0 Å². The summed E-state index contributed by atoms with van der Waals surface area (Å²) < 4.78 is 6.02. The molecule has 1 saturated carbocycles.